The minimum Gasteiger partial charge on any atom is -0.325 e. The maximum absolute atomic E-state index is 12.2. The second kappa shape index (κ2) is 5.65. The Morgan fingerprint density at radius 1 is 1.52 bits per heavy atom. The van der Waals surface area contributed by atoms with Gasteiger partial charge in [-0.15, -0.1) is 0 Å². The number of carbonyl (C=O) groups excluding carboxylic acids is 1. The van der Waals surface area contributed by atoms with Gasteiger partial charge in [-0.1, -0.05) is 6.07 Å². The topological polar surface area (TPSA) is 96.7 Å². The number of pyridine rings is 1. The molecule has 3 rings (SSSR count). The maximum atomic E-state index is 12.2. The third kappa shape index (κ3) is 3.11. The van der Waals surface area contributed by atoms with Crippen molar-refractivity contribution in [2.24, 2.45) is 5.73 Å². The first-order chi connectivity index (χ1) is 10.2. The van der Waals surface area contributed by atoms with Crippen LogP contribution in [0.3, 0.4) is 0 Å². The van der Waals surface area contributed by atoms with Gasteiger partial charge in [0.1, 0.15) is 0 Å². The summed E-state index contributed by atoms with van der Waals surface area (Å²) < 4.78 is 0. The molecule has 1 saturated carbocycles. The van der Waals surface area contributed by atoms with E-state index in [0.717, 1.165) is 17.0 Å². The Morgan fingerprint density at radius 3 is 2.95 bits per heavy atom. The number of H-pyrrole nitrogens is 1. The number of aromatic nitrogens is 3. The third-order valence-electron chi connectivity index (χ3n) is 3.82. The largest absolute Gasteiger partial charge is 0.325 e. The second-order valence-corrected chi connectivity index (χ2v) is 5.48. The molecule has 21 heavy (non-hydrogen) atoms. The van der Waals surface area contributed by atoms with Gasteiger partial charge in [0.05, 0.1) is 11.6 Å². The summed E-state index contributed by atoms with van der Waals surface area (Å²) in [6, 6.07) is 5.65. The molecule has 2 aromatic heterocycles. The van der Waals surface area contributed by atoms with Crippen LogP contribution in [0.15, 0.2) is 24.4 Å². The van der Waals surface area contributed by atoms with Crippen LogP contribution in [0.2, 0.25) is 0 Å². The van der Waals surface area contributed by atoms with Crippen LogP contribution in [0.1, 0.15) is 48.6 Å². The fourth-order valence-corrected chi connectivity index (χ4v) is 2.20. The van der Waals surface area contributed by atoms with E-state index in [1.165, 1.54) is 12.8 Å². The van der Waals surface area contributed by atoms with Crippen molar-refractivity contribution in [3.63, 3.8) is 0 Å². The molecule has 1 aliphatic carbocycles. The van der Waals surface area contributed by atoms with Crippen molar-refractivity contribution in [3.05, 3.63) is 41.3 Å². The smallest absolute Gasteiger partial charge is 0.232 e. The first-order valence-corrected chi connectivity index (χ1v) is 7.18. The van der Waals surface area contributed by atoms with Crippen LogP contribution in [-0.2, 0) is 11.3 Å². The van der Waals surface area contributed by atoms with E-state index in [4.69, 9.17) is 5.73 Å². The lowest BCUT2D eigenvalue weighted by atomic mass is 10.0. The number of amides is 1. The summed E-state index contributed by atoms with van der Waals surface area (Å²) in [7, 11) is 0. The number of aromatic amines is 1. The van der Waals surface area contributed by atoms with Gasteiger partial charge in [-0.25, -0.2) is 0 Å². The average Bonchev–Trinajstić information content (AvgIpc) is 3.27. The second-order valence-electron chi connectivity index (χ2n) is 5.48. The molecule has 1 unspecified atom stereocenters. The van der Waals surface area contributed by atoms with Gasteiger partial charge in [-0.2, -0.15) is 5.10 Å². The highest BCUT2D eigenvalue weighted by molar-refractivity contribution is 5.94. The van der Waals surface area contributed by atoms with E-state index in [0.29, 0.717) is 18.3 Å². The number of nitrogens with one attached hydrogen (secondary N) is 2. The molecule has 0 radical (unpaired) electrons. The van der Waals surface area contributed by atoms with Gasteiger partial charge >= 0.3 is 0 Å². The van der Waals surface area contributed by atoms with Crippen molar-refractivity contribution >= 4 is 11.7 Å². The van der Waals surface area contributed by atoms with E-state index >= 15 is 0 Å². The van der Waals surface area contributed by atoms with Gasteiger partial charge < -0.3 is 11.1 Å². The van der Waals surface area contributed by atoms with E-state index < -0.39 is 0 Å². The first-order valence-electron chi connectivity index (χ1n) is 7.18. The lowest BCUT2D eigenvalue weighted by Gasteiger charge is -2.11. The maximum Gasteiger partial charge on any atom is 0.232 e. The molecule has 1 aliphatic rings. The summed E-state index contributed by atoms with van der Waals surface area (Å²) in [6.45, 7) is 2.25. The van der Waals surface area contributed by atoms with Crippen LogP contribution in [0.4, 0.5) is 5.82 Å². The van der Waals surface area contributed by atoms with Crippen molar-refractivity contribution in [2.75, 3.05) is 5.32 Å². The van der Waals surface area contributed by atoms with Crippen LogP contribution in [0.5, 0.6) is 0 Å². The van der Waals surface area contributed by atoms with Gasteiger partial charge in [0, 0.05) is 30.4 Å². The van der Waals surface area contributed by atoms with Gasteiger partial charge in [0.15, 0.2) is 5.82 Å². The van der Waals surface area contributed by atoms with Crippen molar-refractivity contribution in [1.29, 1.82) is 0 Å². The minimum atomic E-state index is -0.287. The highest BCUT2D eigenvalue weighted by Gasteiger charge is 2.26. The molecule has 0 aliphatic heterocycles. The molecular formula is C15H19N5O. The van der Waals surface area contributed by atoms with Gasteiger partial charge in [0.25, 0.3) is 0 Å². The van der Waals surface area contributed by atoms with Crippen molar-refractivity contribution in [3.8, 4) is 0 Å². The molecule has 110 valence electrons. The Labute approximate surface area is 123 Å². The predicted octanol–water partition coefficient (Wildman–Crippen LogP) is 1.88. The fourth-order valence-electron chi connectivity index (χ4n) is 2.20. The number of carbonyl (C=O) groups is 1. The zero-order chi connectivity index (χ0) is 14.8. The third-order valence-corrected chi connectivity index (χ3v) is 3.82. The van der Waals surface area contributed by atoms with Crippen LogP contribution in [0, 0.1) is 0 Å². The summed E-state index contributed by atoms with van der Waals surface area (Å²) in [5.74, 6) is 0.797. The molecule has 4 N–H and O–H groups in total. The van der Waals surface area contributed by atoms with Crippen molar-refractivity contribution < 1.29 is 4.79 Å². The molecule has 1 fully saturated rings. The summed E-state index contributed by atoms with van der Waals surface area (Å²) in [4.78, 5) is 16.5. The number of rotatable bonds is 5. The number of nitrogens with two attached hydrogens (primary N) is 1. The van der Waals surface area contributed by atoms with Gasteiger partial charge in [-0.3, -0.25) is 14.9 Å². The van der Waals surface area contributed by atoms with Crippen LogP contribution >= 0.6 is 0 Å². The molecule has 1 amide bonds. The number of anilines is 1. The van der Waals surface area contributed by atoms with Crippen molar-refractivity contribution in [1.82, 2.24) is 15.2 Å². The van der Waals surface area contributed by atoms with E-state index in [1.807, 2.05) is 25.1 Å². The monoisotopic (exact) mass is 285 g/mol. The van der Waals surface area contributed by atoms with Crippen LogP contribution in [-0.4, -0.2) is 21.1 Å². The Bertz CT molecular complexity index is 630. The Morgan fingerprint density at radius 2 is 2.33 bits per heavy atom. The number of hydrogen-bond donors (Lipinski definition) is 3. The predicted molar refractivity (Wildman–Crippen MR) is 79.7 cm³/mol. The molecule has 0 spiro atoms. The summed E-state index contributed by atoms with van der Waals surface area (Å²) >= 11 is 0. The molecule has 2 heterocycles. The molecule has 0 saturated heterocycles. The molecule has 6 heteroatoms. The Balaban J connectivity index is 1.65. The molecule has 6 nitrogen and oxygen atoms in total. The van der Waals surface area contributed by atoms with E-state index in [9.17, 15) is 4.79 Å². The Hall–Kier alpha value is -2.21. The van der Waals surface area contributed by atoms with Gasteiger partial charge in [0.2, 0.25) is 5.91 Å². The standard InChI is InChI=1S/C15H19N5O/c1-9(11-4-5-12(7-16)17-8-11)15(21)18-14-6-13(19-20-14)10-2-3-10/h4-6,8-10H,2-3,7,16H2,1H3,(H2,18,19,20,21). The zero-order valence-electron chi connectivity index (χ0n) is 12.0. The Kier molecular flexibility index (Phi) is 3.70. The quantitative estimate of drug-likeness (QED) is 0.781. The van der Waals surface area contributed by atoms with Crippen molar-refractivity contribution in [2.45, 2.75) is 38.1 Å². The van der Waals surface area contributed by atoms with E-state index in [2.05, 4.69) is 20.5 Å². The normalized spacial score (nSPS) is 15.7. The highest BCUT2D eigenvalue weighted by Crippen LogP contribution is 2.39. The summed E-state index contributed by atoms with van der Waals surface area (Å²) in [6.07, 6.45) is 4.10. The lowest BCUT2D eigenvalue weighted by molar-refractivity contribution is -0.117. The van der Waals surface area contributed by atoms with Gasteiger partial charge in [-0.05, 0) is 31.4 Å². The summed E-state index contributed by atoms with van der Waals surface area (Å²) in [5.41, 5.74) is 8.30. The van der Waals surface area contributed by atoms with E-state index in [1.54, 1.807) is 6.20 Å². The SMILES string of the molecule is CC(C(=O)Nc1cc(C2CC2)[nH]n1)c1ccc(CN)nc1. The lowest BCUT2D eigenvalue weighted by Crippen LogP contribution is -2.19. The summed E-state index contributed by atoms with van der Waals surface area (Å²) in [5, 5.41) is 9.95. The molecule has 0 aromatic carbocycles. The van der Waals surface area contributed by atoms with E-state index in [-0.39, 0.29) is 11.8 Å². The molecule has 1 atom stereocenters. The molecule has 2 aromatic rings. The van der Waals surface area contributed by atoms with Crippen LogP contribution < -0.4 is 11.1 Å². The average molecular weight is 285 g/mol. The van der Waals surface area contributed by atoms with Crippen LogP contribution in [0.25, 0.3) is 0 Å². The fraction of sp³-hybridized carbons (Fsp3) is 0.400. The zero-order valence-corrected chi connectivity index (χ0v) is 12.0. The molecule has 0 bridgehead atoms. The highest BCUT2D eigenvalue weighted by atomic mass is 16.1. The minimum absolute atomic E-state index is 0.0915. The number of nitrogens with zero attached hydrogens (tertiary/aromatic N) is 2. The number of hydrogen-bond acceptors (Lipinski definition) is 4. The molecular weight excluding hydrogens is 266 g/mol. The first kappa shape index (κ1) is 13.8.